The van der Waals surface area contributed by atoms with Crippen LogP contribution >= 0.6 is 11.8 Å². The van der Waals surface area contributed by atoms with Crippen molar-refractivity contribution in [2.24, 2.45) is 0 Å². The van der Waals surface area contributed by atoms with Gasteiger partial charge >= 0.3 is 0 Å². The van der Waals surface area contributed by atoms with E-state index in [9.17, 15) is 0 Å². The number of hydrogen-bond acceptors (Lipinski definition) is 3. The Balaban J connectivity index is 2.71. The molecule has 0 saturated carbocycles. The zero-order valence-corrected chi connectivity index (χ0v) is 13.1. The molecule has 2 nitrogen and oxygen atoms in total. The van der Waals surface area contributed by atoms with E-state index in [1.165, 1.54) is 16.0 Å². The van der Waals surface area contributed by atoms with E-state index in [0.29, 0.717) is 6.04 Å². The Bertz CT molecular complexity index is 390. The molecule has 0 bridgehead atoms. The zero-order chi connectivity index (χ0) is 13.8. The zero-order valence-electron chi connectivity index (χ0n) is 12.3. The molecule has 0 aliphatic heterocycles. The first-order chi connectivity index (χ1) is 8.40. The van der Waals surface area contributed by atoms with Crippen LogP contribution in [0.5, 0.6) is 0 Å². The molecule has 1 unspecified atom stereocenters. The number of ether oxygens (including phenoxy) is 1. The molecule has 1 atom stereocenters. The van der Waals surface area contributed by atoms with Crippen molar-refractivity contribution in [3.05, 3.63) is 29.3 Å². The molecule has 0 aliphatic carbocycles. The number of benzene rings is 1. The quantitative estimate of drug-likeness (QED) is 0.798. The Morgan fingerprint density at radius 2 is 2.00 bits per heavy atom. The van der Waals surface area contributed by atoms with Gasteiger partial charge in [0.25, 0.3) is 0 Å². The number of rotatable bonds is 6. The van der Waals surface area contributed by atoms with Gasteiger partial charge in [-0.15, -0.1) is 11.8 Å². The molecule has 0 aliphatic rings. The lowest BCUT2D eigenvalue weighted by Gasteiger charge is -2.32. The molecule has 0 amide bonds. The topological polar surface area (TPSA) is 21.3 Å². The first kappa shape index (κ1) is 15.5. The summed E-state index contributed by atoms with van der Waals surface area (Å²) in [6.45, 7) is 8.55. The summed E-state index contributed by atoms with van der Waals surface area (Å²) in [4.78, 5) is 1.36. The van der Waals surface area contributed by atoms with Crippen molar-refractivity contribution in [3.63, 3.8) is 0 Å². The van der Waals surface area contributed by atoms with E-state index in [2.05, 4.69) is 51.2 Å². The predicted octanol–water partition coefficient (Wildman–Crippen LogP) is 3.41. The average Bonchev–Trinajstić information content (AvgIpc) is 2.34. The average molecular weight is 267 g/mol. The van der Waals surface area contributed by atoms with Gasteiger partial charge in [-0.1, -0.05) is 17.7 Å². The second-order valence-corrected chi connectivity index (χ2v) is 6.29. The molecule has 0 radical (unpaired) electrons. The summed E-state index contributed by atoms with van der Waals surface area (Å²) in [7, 11) is 3.77. The van der Waals surface area contributed by atoms with E-state index in [1.54, 1.807) is 7.11 Å². The van der Waals surface area contributed by atoms with E-state index in [1.807, 2.05) is 18.8 Å². The summed E-state index contributed by atoms with van der Waals surface area (Å²) in [5.74, 6) is 1.00. The summed E-state index contributed by atoms with van der Waals surface area (Å²) in [5, 5.41) is 3.35. The number of likely N-dealkylation sites (N-methyl/N-ethyl adjacent to an activating group) is 1. The minimum atomic E-state index is -0.153. The smallest absolute Gasteiger partial charge is 0.0783 e. The molecule has 1 aromatic rings. The first-order valence-corrected chi connectivity index (χ1v) is 7.31. The Morgan fingerprint density at radius 3 is 2.56 bits per heavy atom. The third-order valence-corrected chi connectivity index (χ3v) is 4.71. The van der Waals surface area contributed by atoms with Crippen molar-refractivity contribution in [3.8, 4) is 0 Å². The summed E-state index contributed by atoms with van der Waals surface area (Å²) < 4.78 is 5.56. The van der Waals surface area contributed by atoms with Crippen LogP contribution in [0.4, 0.5) is 0 Å². The summed E-state index contributed by atoms with van der Waals surface area (Å²) in [5.41, 5.74) is 2.50. The maximum atomic E-state index is 5.56. The Kier molecular flexibility index (Phi) is 5.70. The van der Waals surface area contributed by atoms with Crippen molar-refractivity contribution in [1.82, 2.24) is 5.32 Å². The van der Waals surface area contributed by atoms with Gasteiger partial charge in [0.05, 0.1) is 5.60 Å². The third-order valence-electron chi connectivity index (χ3n) is 3.46. The second kappa shape index (κ2) is 6.60. The van der Waals surface area contributed by atoms with Crippen LogP contribution in [0.1, 0.15) is 25.0 Å². The van der Waals surface area contributed by atoms with Gasteiger partial charge in [-0.3, -0.25) is 0 Å². The third kappa shape index (κ3) is 4.01. The maximum absolute atomic E-state index is 5.56. The maximum Gasteiger partial charge on any atom is 0.0783 e. The van der Waals surface area contributed by atoms with Gasteiger partial charge in [0.15, 0.2) is 0 Å². The molecular formula is C15H25NOS. The van der Waals surface area contributed by atoms with Crippen LogP contribution in [0.2, 0.25) is 0 Å². The minimum Gasteiger partial charge on any atom is -0.377 e. The molecule has 1 rings (SSSR count). The van der Waals surface area contributed by atoms with Gasteiger partial charge in [0.2, 0.25) is 0 Å². The fourth-order valence-electron chi connectivity index (χ4n) is 1.81. The Morgan fingerprint density at radius 1 is 1.33 bits per heavy atom. The monoisotopic (exact) mass is 267 g/mol. The van der Waals surface area contributed by atoms with Crippen molar-refractivity contribution in [1.29, 1.82) is 0 Å². The molecule has 0 aromatic heterocycles. The number of thioether (sulfide) groups is 1. The fraction of sp³-hybridized carbons (Fsp3) is 0.600. The highest BCUT2D eigenvalue weighted by atomic mass is 32.2. The summed E-state index contributed by atoms with van der Waals surface area (Å²) in [6.07, 6.45) is 0. The molecule has 102 valence electrons. The first-order valence-electron chi connectivity index (χ1n) is 6.33. The van der Waals surface area contributed by atoms with Crippen LogP contribution in [-0.2, 0) is 4.74 Å². The standard InChI is InChI=1S/C15H25NOS/c1-11-7-8-12(2)13(9-11)18-10-14(16-5)15(3,4)17-6/h7-9,14,16H,10H2,1-6H3. The molecule has 0 heterocycles. The lowest BCUT2D eigenvalue weighted by molar-refractivity contribution is -0.00155. The van der Waals surface area contributed by atoms with Gasteiger partial charge in [0.1, 0.15) is 0 Å². The normalized spacial score (nSPS) is 13.7. The van der Waals surface area contributed by atoms with E-state index in [4.69, 9.17) is 4.74 Å². The van der Waals surface area contributed by atoms with Crippen molar-refractivity contribution >= 4 is 11.8 Å². The van der Waals surface area contributed by atoms with Gasteiger partial charge in [0, 0.05) is 23.8 Å². The van der Waals surface area contributed by atoms with Crippen molar-refractivity contribution < 1.29 is 4.74 Å². The summed E-state index contributed by atoms with van der Waals surface area (Å²) in [6, 6.07) is 6.93. The highest BCUT2D eigenvalue weighted by Gasteiger charge is 2.27. The molecule has 18 heavy (non-hydrogen) atoms. The Labute approximate surface area is 116 Å². The lowest BCUT2D eigenvalue weighted by Crippen LogP contribution is -2.48. The van der Waals surface area contributed by atoms with Gasteiger partial charge in [-0.2, -0.15) is 0 Å². The molecule has 0 saturated heterocycles. The van der Waals surface area contributed by atoms with Gasteiger partial charge in [-0.05, 0) is 46.4 Å². The molecule has 0 spiro atoms. The van der Waals surface area contributed by atoms with Crippen LogP contribution in [0.15, 0.2) is 23.1 Å². The van der Waals surface area contributed by atoms with Crippen LogP contribution in [0.25, 0.3) is 0 Å². The van der Waals surface area contributed by atoms with Crippen LogP contribution < -0.4 is 5.32 Å². The van der Waals surface area contributed by atoms with E-state index >= 15 is 0 Å². The highest BCUT2D eigenvalue weighted by molar-refractivity contribution is 7.99. The molecule has 1 N–H and O–H groups in total. The molecule has 1 aromatic carbocycles. The molecular weight excluding hydrogens is 242 g/mol. The van der Waals surface area contributed by atoms with E-state index < -0.39 is 0 Å². The van der Waals surface area contributed by atoms with Crippen LogP contribution in [0, 0.1) is 13.8 Å². The number of aryl methyl sites for hydroxylation is 2. The number of nitrogens with one attached hydrogen (secondary N) is 1. The van der Waals surface area contributed by atoms with E-state index in [-0.39, 0.29) is 5.60 Å². The number of hydrogen-bond donors (Lipinski definition) is 1. The van der Waals surface area contributed by atoms with E-state index in [0.717, 1.165) is 5.75 Å². The van der Waals surface area contributed by atoms with Gasteiger partial charge in [-0.25, -0.2) is 0 Å². The van der Waals surface area contributed by atoms with Crippen molar-refractivity contribution in [2.75, 3.05) is 19.9 Å². The van der Waals surface area contributed by atoms with Crippen molar-refractivity contribution in [2.45, 2.75) is 44.2 Å². The largest absolute Gasteiger partial charge is 0.377 e. The predicted molar refractivity (Wildman–Crippen MR) is 80.6 cm³/mol. The lowest BCUT2D eigenvalue weighted by atomic mass is 10.0. The summed E-state index contributed by atoms with van der Waals surface area (Å²) >= 11 is 1.89. The van der Waals surface area contributed by atoms with Gasteiger partial charge < -0.3 is 10.1 Å². The SMILES string of the molecule is CNC(CSc1cc(C)ccc1C)C(C)(C)OC. The molecule has 3 heteroatoms. The Hall–Kier alpha value is -0.510. The fourth-order valence-corrected chi connectivity index (χ4v) is 3.29. The van der Waals surface area contributed by atoms with Crippen LogP contribution in [-0.4, -0.2) is 31.6 Å². The van der Waals surface area contributed by atoms with Crippen LogP contribution in [0.3, 0.4) is 0 Å². The molecule has 0 fully saturated rings. The number of methoxy groups -OCH3 is 1. The minimum absolute atomic E-state index is 0.153. The highest BCUT2D eigenvalue weighted by Crippen LogP contribution is 2.27. The second-order valence-electron chi connectivity index (χ2n) is 5.23.